The summed E-state index contributed by atoms with van der Waals surface area (Å²) in [6.07, 6.45) is 0.0499. The zero-order valence-corrected chi connectivity index (χ0v) is 11.2. The topological polar surface area (TPSA) is 69.6 Å². The van der Waals surface area contributed by atoms with Gasteiger partial charge in [0.2, 0.25) is 11.8 Å². The number of rotatable bonds is 2. The molecule has 1 aliphatic rings. The maximum atomic E-state index is 12.5. The van der Waals surface area contributed by atoms with Crippen LogP contribution in [0, 0.1) is 0 Å². The molecule has 5 heteroatoms. The minimum atomic E-state index is -0.223. The van der Waals surface area contributed by atoms with Gasteiger partial charge in [0.1, 0.15) is 12.3 Å². The maximum Gasteiger partial charge on any atom is 0.244 e. The summed E-state index contributed by atoms with van der Waals surface area (Å²) in [5.74, 6) is -0.362. The monoisotopic (exact) mass is 282 g/mol. The molecular formula is C16H14N2O3. The number of fused-ring (bicyclic) bond motifs is 1. The van der Waals surface area contributed by atoms with Gasteiger partial charge < -0.3 is 15.3 Å². The first-order valence-electron chi connectivity index (χ1n) is 6.61. The van der Waals surface area contributed by atoms with Gasteiger partial charge in [0.05, 0.1) is 17.8 Å². The minimum Gasteiger partial charge on any atom is -0.508 e. The molecule has 3 rings (SSSR count). The third kappa shape index (κ3) is 2.58. The SMILES string of the molecule is O=C1CN(C(=O)Cc2ccccc2O)c2ccccc2N1. The highest BCUT2D eigenvalue weighted by atomic mass is 16.3. The number of aromatic hydroxyl groups is 1. The summed E-state index contributed by atoms with van der Waals surface area (Å²) in [6.45, 7) is -0.0105. The zero-order chi connectivity index (χ0) is 14.8. The number of benzene rings is 2. The van der Waals surface area contributed by atoms with Gasteiger partial charge in [-0.2, -0.15) is 0 Å². The number of amides is 2. The van der Waals surface area contributed by atoms with Crippen LogP contribution in [0.25, 0.3) is 0 Å². The van der Waals surface area contributed by atoms with Crippen molar-refractivity contribution < 1.29 is 14.7 Å². The highest BCUT2D eigenvalue weighted by molar-refractivity contribution is 6.10. The second-order valence-electron chi connectivity index (χ2n) is 4.85. The third-order valence-electron chi connectivity index (χ3n) is 3.41. The lowest BCUT2D eigenvalue weighted by atomic mass is 10.1. The number of para-hydroxylation sites is 3. The fourth-order valence-corrected chi connectivity index (χ4v) is 2.37. The molecular weight excluding hydrogens is 268 g/mol. The summed E-state index contributed by atoms with van der Waals surface area (Å²) >= 11 is 0. The van der Waals surface area contributed by atoms with Crippen LogP contribution in [0.2, 0.25) is 0 Å². The van der Waals surface area contributed by atoms with E-state index in [-0.39, 0.29) is 30.5 Å². The molecule has 0 unspecified atom stereocenters. The van der Waals surface area contributed by atoms with E-state index >= 15 is 0 Å². The third-order valence-corrected chi connectivity index (χ3v) is 3.41. The fourth-order valence-electron chi connectivity index (χ4n) is 2.37. The number of carbonyl (C=O) groups excluding carboxylic acids is 2. The molecule has 2 N–H and O–H groups in total. The van der Waals surface area contributed by atoms with Crippen molar-refractivity contribution in [3.63, 3.8) is 0 Å². The van der Waals surface area contributed by atoms with Crippen LogP contribution in [0.1, 0.15) is 5.56 Å². The molecule has 0 saturated heterocycles. The van der Waals surface area contributed by atoms with E-state index in [1.165, 1.54) is 4.90 Å². The van der Waals surface area contributed by atoms with Gasteiger partial charge in [-0.15, -0.1) is 0 Å². The number of phenolic OH excluding ortho intramolecular Hbond substituents is 1. The van der Waals surface area contributed by atoms with E-state index in [4.69, 9.17) is 0 Å². The van der Waals surface area contributed by atoms with Crippen molar-refractivity contribution in [1.29, 1.82) is 0 Å². The average molecular weight is 282 g/mol. The standard InChI is InChI=1S/C16H14N2O3/c19-14-8-4-1-5-11(14)9-16(21)18-10-15(20)17-12-6-2-3-7-13(12)18/h1-8,19H,9-10H2,(H,17,20). The van der Waals surface area contributed by atoms with Gasteiger partial charge in [0.15, 0.2) is 0 Å². The molecule has 0 aliphatic carbocycles. The van der Waals surface area contributed by atoms with E-state index in [0.717, 1.165) is 0 Å². The van der Waals surface area contributed by atoms with Crippen LogP contribution in [-0.2, 0) is 16.0 Å². The van der Waals surface area contributed by atoms with Crippen LogP contribution in [0.5, 0.6) is 5.75 Å². The minimum absolute atomic E-state index is 0.0105. The molecule has 5 nitrogen and oxygen atoms in total. The molecule has 2 aromatic rings. The number of hydrogen-bond acceptors (Lipinski definition) is 3. The Morgan fingerprint density at radius 3 is 2.67 bits per heavy atom. The zero-order valence-electron chi connectivity index (χ0n) is 11.2. The average Bonchev–Trinajstić information content (AvgIpc) is 2.48. The van der Waals surface area contributed by atoms with E-state index in [1.807, 2.05) is 6.07 Å². The normalized spacial score (nSPS) is 13.5. The van der Waals surface area contributed by atoms with Gasteiger partial charge in [-0.1, -0.05) is 30.3 Å². The Labute approximate surface area is 121 Å². The number of phenols is 1. The quantitative estimate of drug-likeness (QED) is 0.884. The first kappa shape index (κ1) is 13.2. The summed E-state index contributed by atoms with van der Waals surface area (Å²) in [4.78, 5) is 25.6. The smallest absolute Gasteiger partial charge is 0.244 e. The van der Waals surface area contributed by atoms with Crippen LogP contribution in [0.15, 0.2) is 48.5 Å². The number of anilines is 2. The lowest BCUT2D eigenvalue weighted by molar-refractivity contribution is -0.121. The van der Waals surface area contributed by atoms with Gasteiger partial charge >= 0.3 is 0 Å². The second kappa shape index (κ2) is 5.28. The Bertz CT molecular complexity index is 712. The van der Waals surface area contributed by atoms with Crippen LogP contribution in [0.4, 0.5) is 11.4 Å². The van der Waals surface area contributed by atoms with E-state index in [0.29, 0.717) is 16.9 Å². The Kier molecular flexibility index (Phi) is 3.31. The van der Waals surface area contributed by atoms with Crippen molar-refractivity contribution in [3.8, 4) is 5.75 Å². The summed E-state index contributed by atoms with van der Waals surface area (Å²) in [7, 11) is 0. The predicted octanol–water partition coefficient (Wildman–Crippen LogP) is 1.92. The lowest BCUT2D eigenvalue weighted by Crippen LogP contribution is -2.42. The Hall–Kier alpha value is -2.82. The summed E-state index contributed by atoms with van der Waals surface area (Å²) < 4.78 is 0. The number of nitrogens with one attached hydrogen (secondary N) is 1. The van der Waals surface area contributed by atoms with Crippen LogP contribution in [0.3, 0.4) is 0 Å². The molecule has 21 heavy (non-hydrogen) atoms. The molecule has 0 bridgehead atoms. The van der Waals surface area contributed by atoms with Crippen LogP contribution >= 0.6 is 0 Å². The number of nitrogens with zero attached hydrogens (tertiary/aromatic N) is 1. The van der Waals surface area contributed by atoms with E-state index < -0.39 is 0 Å². The number of carbonyl (C=O) groups is 2. The van der Waals surface area contributed by atoms with E-state index in [1.54, 1.807) is 42.5 Å². The van der Waals surface area contributed by atoms with Gasteiger partial charge in [-0.3, -0.25) is 9.59 Å². The highest BCUT2D eigenvalue weighted by Crippen LogP contribution is 2.29. The summed E-state index contributed by atoms with van der Waals surface area (Å²) in [5.41, 5.74) is 1.85. The Balaban J connectivity index is 1.88. The van der Waals surface area contributed by atoms with E-state index in [2.05, 4.69) is 5.32 Å². The molecule has 0 atom stereocenters. The van der Waals surface area contributed by atoms with Gasteiger partial charge in [-0.25, -0.2) is 0 Å². The molecule has 0 fully saturated rings. The van der Waals surface area contributed by atoms with Gasteiger partial charge in [0, 0.05) is 5.56 Å². The van der Waals surface area contributed by atoms with Crippen molar-refractivity contribution in [2.45, 2.75) is 6.42 Å². The molecule has 0 spiro atoms. The predicted molar refractivity (Wildman–Crippen MR) is 79.2 cm³/mol. The van der Waals surface area contributed by atoms with Crippen molar-refractivity contribution in [1.82, 2.24) is 0 Å². The largest absolute Gasteiger partial charge is 0.508 e. The number of hydrogen-bond donors (Lipinski definition) is 2. The molecule has 1 heterocycles. The van der Waals surface area contributed by atoms with Crippen molar-refractivity contribution in [3.05, 3.63) is 54.1 Å². The summed E-state index contributed by atoms with van der Waals surface area (Å²) in [5, 5.41) is 12.5. The molecule has 0 saturated carbocycles. The molecule has 1 aliphatic heterocycles. The van der Waals surface area contributed by atoms with Crippen LogP contribution in [-0.4, -0.2) is 23.5 Å². The first-order valence-corrected chi connectivity index (χ1v) is 6.61. The van der Waals surface area contributed by atoms with Crippen molar-refractivity contribution in [2.24, 2.45) is 0 Å². The van der Waals surface area contributed by atoms with Gasteiger partial charge in [-0.05, 0) is 18.2 Å². The molecule has 0 aromatic heterocycles. The Morgan fingerprint density at radius 1 is 1.14 bits per heavy atom. The summed E-state index contributed by atoms with van der Waals surface area (Å²) in [6, 6.07) is 13.9. The van der Waals surface area contributed by atoms with Crippen molar-refractivity contribution >= 4 is 23.2 Å². The van der Waals surface area contributed by atoms with E-state index in [9.17, 15) is 14.7 Å². The lowest BCUT2D eigenvalue weighted by Gasteiger charge is -2.29. The molecule has 2 amide bonds. The Morgan fingerprint density at radius 2 is 1.86 bits per heavy atom. The first-order chi connectivity index (χ1) is 10.1. The molecule has 106 valence electrons. The van der Waals surface area contributed by atoms with Crippen molar-refractivity contribution in [2.75, 3.05) is 16.8 Å². The molecule has 2 aromatic carbocycles. The van der Waals surface area contributed by atoms with Gasteiger partial charge in [0.25, 0.3) is 0 Å². The fraction of sp³-hybridized carbons (Fsp3) is 0.125. The second-order valence-corrected chi connectivity index (χ2v) is 4.85. The van der Waals surface area contributed by atoms with Crippen LogP contribution < -0.4 is 10.2 Å². The molecule has 0 radical (unpaired) electrons. The highest BCUT2D eigenvalue weighted by Gasteiger charge is 2.26. The maximum absolute atomic E-state index is 12.5.